The Labute approximate surface area is 165 Å². The van der Waals surface area contributed by atoms with Crippen LogP contribution in [0.15, 0.2) is 47.5 Å². The fraction of sp³-hybridized carbons (Fsp3) is 0.211. The summed E-state index contributed by atoms with van der Waals surface area (Å²) >= 11 is 7.28. The molecule has 1 atom stereocenters. The molecular formula is C19H17ClFN3O2S. The van der Waals surface area contributed by atoms with Gasteiger partial charge in [0.25, 0.3) is 0 Å². The van der Waals surface area contributed by atoms with Crippen molar-refractivity contribution in [1.82, 2.24) is 4.90 Å². The van der Waals surface area contributed by atoms with Gasteiger partial charge in [-0.05, 0) is 36.8 Å². The predicted octanol–water partition coefficient (Wildman–Crippen LogP) is 4.38. The zero-order chi connectivity index (χ0) is 19.6. The lowest BCUT2D eigenvalue weighted by atomic mass is 10.2. The second-order valence-corrected chi connectivity index (χ2v) is 7.64. The first-order chi connectivity index (χ1) is 12.8. The van der Waals surface area contributed by atoms with E-state index < -0.39 is 17.0 Å². The molecule has 140 valence electrons. The van der Waals surface area contributed by atoms with E-state index in [0.29, 0.717) is 15.9 Å². The molecule has 1 N–H and O–H groups in total. The fourth-order valence-electron chi connectivity index (χ4n) is 2.44. The lowest BCUT2D eigenvalue weighted by Crippen LogP contribution is -2.43. The standard InChI is InChI=1S/C19H17ClFN3O2S/c1-11-7-8-12(9-13(11)20)22-19-24(2)17(25)10-16(27-19)18(26)23-15-6-4-3-5-14(15)21/h3-9,16H,10H2,1-2H3,(H,23,26)/t16-/m1/s1. The quantitative estimate of drug-likeness (QED) is 0.824. The molecule has 1 heterocycles. The molecule has 1 aliphatic heterocycles. The normalized spacial score (nSPS) is 18.7. The highest BCUT2D eigenvalue weighted by molar-refractivity contribution is 8.15. The summed E-state index contributed by atoms with van der Waals surface area (Å²) in [5, 5.41) is 2.79. The van der Waals surface area contributed by atoms with Crippen LogP contribution in [-0.2, 0) is 9.59 Å². The van der Waals surface area contributed by atoms with Crippen molar-refractivity contribution in [1.29, 1.82) is 0 Å². The van der Waals surface area contributed by atoms with Crippen LogP contribution in [0.4, 0.5) is 15.8 Å². The molecular weight excluding hydrogens is 389 g/mol. The van der Waals surface area contributed by atoms with Crippen molar-refractivity contribution in [3.05, 3.63) is 58.9 Å². The van der Waals surface area contributed by atoms with Crippen LogP contribution in [0.25, 0.3) is 0 Å². The van der Waals surface area contributed by atoms with Gasteiger partial charge in [-0.3, -0.25) is 14.5 Å². The molecule has 3 rings (SSSR count). The number of nitrogens with one attached hydrogen (secondary N) is 1. The molecule has 1 fully saturated rings. The molecule has 1 saturated heterocycles. The van der Waals surface area contributed by atoms with Crippen molar-refractivity contribution in [2.45, 2.75) is 18.6 Å². The number of amides is 2. The molecule has 5 nitrogen and oxygen atoms in total. The first-order valence-corrected chi connectivity index (χ1v) is 9.44. The van der Waals surface area contributed by atoms with Gasteiger partial charge in [-0.25, -0.2) is 9.38 Å². The van der Waals surface area contributed by atoms with E-state index >= 15 is 0 Å². The molecule has 0 unspecified atom stereocenters. The monoisotopic (exact) mass is 405 g/mol. The van der Waals surface area contributed by atoms with Crippen LogP contribution in [0.1, 0.15) is 12.0 Å². The van der Waals surface area contributed by atoms with Crippen LogP contribution >= 0.6 is 23.4 Å². The SMILES string of the molecule is Cc1ccc(N=C2S[C@@H](C(=O)Nc3ccccc3F)CC(=O)N2C)cc1Cl. The van der Waals surface area contributed by atoms with E-state index in [1.54, 1.807) is 25.2 Å². The Morgan fingerprint density at radius 2 is 2.07 bits per heavy atom. The van der Waals surface area contributed by atoms with E-state index in [1.807, 2.05) is 13.0 Å². The third-order valence-electron chi connectivity index (χ3n) is 4.07. The number of nitrogens with zero attached hydrogens (tertiary/aromatic N) is 2. The van der Waals surface area contributed by atoms with Crippen molar-refractivity contribution in [2.75, 3.05) is 12.4 Å². The Kier molecular flexibility index (Phi) is 5.82. The lowest BCUT2D eigenvalue weighted by Gasteiger charge is -2.28. The first kappa shape index (κ1) is 19.4. The number of carbonyl (C=O) groups excluding carboxylic acids is 2. The third kappa shape index (κ3) is 4.48. The van der Waals surface area contributed by atoms with Gasteiger partial charge in [0.2, 0.25) is 11.8 Å². The molecule has 8 heteroatoms. The van der Waals surface area contributed by atoms with Gasteiger partial charge < -0.3 is 5.32 Å². The van der Waals surface area contributed by atoms with E-state index in [2.05, 4.69) is 10.3 Å². The van der Waals surface area contributed by atoms with Crippen LogP contribution in [-0.4, -0.2) is 34.2 Å². The molecule has 0 radical (unpaired) electrons. The van der Waals surface area contributed by atoms with E-state index in [1.165, 1.54) is 23.1 Å². The summed E-state index contributed by atoms with van der Waals surface area (Å²) in [6, 6.07) is 11.2. The number of benzene rings is 2. The molecule has 2 amide bonds. The highest BCUT2D eigenvalue weighted by atomic mass is 35.5. The topological polar surface area (TPSA) is 61.8 Å². The summed E-state index contributed by atoms with van der Waals surface area (Å²) in [6.07, 6.45) is 0.00905. The first-order valence-electron chi connectivity index (χ1n) is 8.18. The Morgan fingerprint density at radius 1 is 1.33 bits per heavy atom. The molecule has 0 bridgehead atoms. The van der Waals surface area contributed by atoms with Crippen LogP contribution in [0, 0.1) is 12.7 Å². The zero-order valence-electron chi connectivity index (χ0n) is 14.7. The van der Waals surface area contributed by atoms with Gasteiger partial charge in [0.1, 0.15) is 11.1 Å². The van der Waals surface area contributed by atoms with E-state index in [4.69, 9.17) is 11.6 Å². The Hall–Kier alpha value is -2.38. The molecule has 0 saturated carbocycles. The summed E-state index contributed by atoms with van der Waals surface area (Å²) in [5.74, 6) is -1.21. The van der Waals surface area contributed by atoms with E-state index in [0.717, 1.165) is 17.3 Å². The van der Waals surface area contributed by atoms with Gasteiger partial charge in [0, 0.05) is 18.5 Å². The summed E-state index contributed by atoms with van der Waals surface area (Å²) < 4.78 is 13.8. The van der Waals surface area contributed by atoms with Crippen molar-refractivity contribution < 1.29 is 14.0 Å². The maximum atomic E-state index is 13.8. The van der Waals surface area contributed by atoms with E-state index in [-0.39, 0.29) is 18.0 Å². The number of thioether (sulfide) groups is 1. The van der Waals surface area contributed by atoms with E-state index in [9.17, 15) is 14.0 Å². The molecule has 0 spiro atoms. The number of para-hydroxylation sites is 1. The Bertz CT molecular complexity index is 935. The van der Waals surface area contributed by atoms with Gasteiger partial charge in [-0.15, -0.1) is 0 Å². The maximum absolute atomic E-state index is 13.8. The minimum absolute atomic E-state index is 0.00905. The van der Waals surface area contributed by atoms with Crippen molar-refractivity contribution in [3.63, 3.8) is 0 Å². The van der Waals surface area contributed by atoms with Gasteiger partial charge in [0.05, 0.1) is 11.4 Å². The number of aryl methyl sites for hydroxylation is 1. The van der Waals surface area contributed by atoms with Crippen LogP contribution in [0.5, 0.6) is 0 Å². The number of rotatable bonds is 3. The lowest BCUT2D eigenvalue weighted by molar-refractivity contribution is -0.128. The summed E-state index contributed by atoms with van der Waals surface area (Å²) in [6.45, 7) is 1.88. The van der Waals surface area contributed by atoms with Gasteiger partial charge in [-0.2, -0.15) is 0 Å². The summed E-state index contributed by atoms with van der Waals surface area (Å²) in [4.78, 5) is 30.7. The van der Waals surface area contributed by atoms with Crippen molar-refractivity contribution in [3.8, 4) is 0 Å². The van der Waals surface area contributed by atoms with Gasteiger partial charge in [-0.1, -0.05) is 41.6 Å². The number of amidine groups is 1. The average molecular weight is 406 g/mol. The summed E-state index contributed by atoms with van der Waals surface area (Å²) in [5.41, 5.74) is 1.59. The van der Waals surface area contributed by atoms with Crippen LogP contribution in [0.3, 0.4) is 0 Å². The number of carbonyl (C=O) groups is 2. The number of hydrogen-bond donors (Lipinski definition) is 1. The third-order valence-corrected chi connectivity index (χ3v) is 5.72. The Balaban J connectivity index is 1.81. The largest absolute Gasteiger partial charge is 0.323 e. The van der Waals surface area contributed by atoms with Gasteiger partial charge >= 0.3 is 0 Å². The smallest absolute Gasteiger partial charge is 0.238 e. The molecule has 27 heavy (non-hydrogen) atoms. The maximum Gasteiger partial charge on any atom is 0.238 e. The predicted molar refractivity (Wildman–Crippen MR) is 107 cm³/mol. The minimum atomic E-state index is -0.701. The molecule has 1 aliphatic rings. The Morgan fingerprint density at radius 3 is 2.78 bits per heavy atom. The minimum Gasteiger partial charge on any atom is -0.323 e. The van der Waals surface area contributed by atoms with Crippen molar-refractivity contribution >= 4 is 51.7 Å². The molecule has 2 aromatic carbocycles. The average Bonchev–Trinajstić information content (AvgIpc) is 2.63. The molecule has 0 aromatic heterocycles. The van der Waals surface area contributed by atoms with Gasteiger partial charge in [0.15, 0.2) is 5.17 Å². The second kappa shape index (κ2) is 8.10. The summed E-state index contributed by atoms with van der Waals surface area (Å²) in [7, 11) is 1.61. The number of hydrogen-bond acceptors (Lipinski definition) is 4. The number of anilines is 1. The second-order valence-electron chi connectivity index (χ2n) is 6.06. The molecule has 2 aromatic rings. The highest BCUT2D eigenvalue weighted by Gasteiger charge is 2.34. The highest BCUT2D eigenvalue weighted by Crippen LogP contribution is 2.30. The molecule has 0 aliphatic carbocycles. The zero-order valence-corrected chi connectivity index (χ0v) is 16.3. The van der Waals surface area contributed by atoms with Crippen molar-refractivity contribution in [2.24, 2.45) is 4.99 Å². The number of halogens is 2. The number of aliphatic imine (C=N–C) groups is 1. The van der Waals surface area contributed by atoms with Crippen LogP contribution < -0.4 is 5.32 Å². The fourth-order valence-corrected chi connectivity index (χ4v) is 3.67. The van der Waals surface area contributed by atoms with Crippen LogP contribution in [0.2, 0.25) is 5.02 Å².